The molecule has 2 fully saturated rings. The number of rotatable bonds is 9. The first-order chi connectivity index (χ1) is 16.8. The third kappa shape index (κ3) is 5.80. The Morgan fingerprint density at radius 1 is 0.647 bits per heavy atom. The topological polar surface area (TPSA) is 57.3 Å². The molecule has 0 amide bonds. The monoisotopic (exact) mass is 458 g/mol. The third-order valence-corrected chi connectivity index (χ3v) is 6.40. The number of hydrogen-bond acceptors (Lipinski definition) is 5. The predicted molar refractivity (Wildman–Crippen MR) is 128 cm³/mol. The first-order valence-electron chi connectivity index (χ1n) is 11.9. The Bertz CT molecular complexity index is 1040. The summed E-state index contributed by atoms with van der Waals surface area (Å²) >= 11 is 0. The van der Waals surface area contributed by atoms with E-state index >= 15 is 0 Å². The highest BCUT2D eigenvalue weighted by molar-refractivity contribution is 5.84. The molecule has 2 aliphatic rings. The summed E-state index contributed by atoms with van der Waals surface area (Å²) in [6.07, 6.45) is -0.671. The molecule has 5 nitrogen and oxygen atoms in total. The molecule has 0 radical (unpaired) electrons. The van der Waals surface area contributed by atoms with Crippen LogP contribution in [0.4, 0.5) is 0 Å². The summed E-state index contributed by atoms with van der Waals surface area (Å²) in [5.41, 5.74) is 3.12. The highest BCUT2D eigenvalue weighted by Gasteiger charge is 2.54. The standard InChI is InChI=1S/C29H30O5/c30-24-16-17-25-27(34-25)29(33-20-23-14-8-3-9-15-23)28(32-19-22-12-6-2-7-13-22)26(24)31-18-21-10-4-1-5-11-21/h1-15,25-29H,16-20H2/t25-,26-,27-,28+,29+/m1/s1. The van der Waals surface area contributed by atoms with Gasteiger partial charge in [-0.3, -0.25) is 4.79 Å². The Labute approximate surface area is 200 Å². The molecule has 1 saturated heterocycles. The van der Waals surface area contributed by atoms with Crippen LogP contribution in [0.2, 0.25) is 0 Å². The van der Waals surface area contributed by atoms with Gasteiger partial charge in [-0.1, -0.05) is 91.0 Å². The van der Waals surface area contributed by atoms with Gasteiger partial charge in [-0.2, -0.15) is 0 Å². The van der Waals surface area contributed by atoms with Crippen LogP contribution < -0.4 is 0 Å². The number of ether oxygens (including phenoxy) is 4. The molecule has 1 aliphatic carbocycles. The lowest BCUT2D eigenvalue weighted by molar-refractivity contribution is -0.171. The van der Waals surface area contributed by atoms with Gasteiger partial charge in [-0.05, 0) is 23.1 Å². The van der Waals surface area contributed by atoms with E-state index in [4.69, 9.17) is 18.9 Å². The number of hydrogen-bond donors (Lipinski definition) is 0. The minimum absolute atomic E-state index is 0.0302. The molecule has 0 spiro atoms. The van der Waals surface area contributed by atoms with E-state index < -0.39 is 18.3 Å². The van der Waals surface area contributed by atoms with Crippen molar-refractivity contribution in [2.45, 2.75) is 63.2 Å². The van der Waals surface area contributed by atoms with E-state index in [1.54, 1.807) is 0 Å². The normalized spacial score (nSPS) is 26.4. The van der Waals surface area contributed by atoms with Gasteiger partial charge < -0.3 is 18.9 Å². The summed E-state index contributed by atoms with van der Waals surface area (Å²) in [7, 11) is 0. The van der Waals surface area contributed by atoms with Crippen LogP contribution in [0.1, 0.15) is 29.5 Å². The first-order valence-corrected chi connectivity index (χ1v) is 11.9. The zero-order valence-corrected chi connectivity index (χ0v) is 19.1. The summed E-state index contributed by atoms with van der Waals surface area (Å²) in [5, 5.41) is 0. The quantitative estimate of drug-likeness (QED) is 0.428. The van der Waals surface area contributed by atoms with Gasteiger partial charge in [0.05, 0.1) is 25.9 Å². The van der Waals surface area contributed by atoms with Gasteiger partial charge >= 0.3 is 0 Å². The maximum absolute atomic E-state index is 13.3. The lowest BCUT2D eigenvalue weighted by Crippen LogP contribution is -2.50. The Hall–Kier alpha value is -2.83. The van der Waals surface area contributed by atoms with E-state index in [9.17, 15) is 4.79 Å². The zero-order valence-electron chi connectivity index (χ0n) is 19.1. The molecule has 3 aromatic carbocycles. The third-order valence-electron chi connectivity index (χ3n) is 6.40. The summed E-state index contributed by atoms with van der Waals surface area (Å²) in [5.74, 6) is 0.0382. The fourth-order valence-corrected chi connectivity index (χ4v) is 4.50. The number of epoxide rings is 1. The maximum atomic E-state index is 13.3. The number of Topliss-reactive ketones (excluding diaryl/α,β-unsaturated/α-hetero) is 1. The molecule has 176 valence electrons. The molecule has 5 heteroatoms. The lowest BCUT2D eigenvalue weighted by Gasteiger charge is -2.33. The molecular formula is C29H30O5. The second-order valence-electron chi connectivity index (χ2n) is 8.88. The Morgan fingerprint density at radius 2 is 1.12 bits per heavy atom. The van der Waals surface area contributed by atoms with Gasteiger partial charge in [-0.25, -0.2) is 0 Å². The highest BCUT2D eigenvalue weighted by atomic mass is 16.6. The number of fused-ring (bicyclic) bond motifs is 1. The minimum Gasteiger partial charge on any atom is -0.368 e. The van der Waals surface area contributed by atoms with Crippen LogP contribution in [0, 0.1) is 0 Å². The molecule has 1 heterocycles. The fraction of sp³-hybridized carbons (Fsp3) is 0.345. The molecule has 0 N–H and O–H groups in total. The van der Waals surface area contributed by atoms with Crippen LogP contribution in [-0.4, -0.2) is 36.3 Å². The van der Waals surface area contributed by atoms with Crippen molar-refractivity contribution in [1.29, 1.82) is 0 Å². The van der Waals surface area contributed by atoms with Gasteiger partial charge in [0.15, 0.2) is 5.78 Å². The van der Waals surface area contributed by atoms with E-state index in [0.29, 0.717) is 32.7 Å². The molecule has 0 bridgehead atoms. The summed E-state index contributed by atoms with van der Waals surface area (Å²) < 4.78 is 25.1. The summed E-state index contributed by atoms with van der Waals surface area (Å²) in [4.78, 5) is 13.3. The molecule has 34 heavy (non-hydrogen) atoms. The largest absolute Gasteiger partial charge is 0.368 e. The number of carbonyl (C=O) groups excluding carboxylic acids is 1. The van der Waals surface area contributed by atoms with Crippen molar-refractivity contribution in [1.82, 2.24) is 0 Å². The van der Waals surface area contributed by atoms with Gasteiger partial charge in [0.1, 0.15) is 24.4 Å². The van der Waals surface area contributed by atoms with Crippen LogP contribution >= 0.6 is 0 Å². The van der Waals surface area contributed by atoms with Crippen molar-refractivity contribution >= 4 is 5.78 Å². The SMILES string of the molecule is O=C1CC[C@H]2O[C@H]2[C@H](OCc2ccccc2)[C@@H](OCc2ccccc2)[C@@H]1OCc1ccccc1. The number of benzene rings is 3. The molecule has 5 rings (SSSR count). The number of ketones is 1. The molecule has 3 aromatic rings. The summed E-state index contributed by atoms with van der Waals surface area (Å²) in [6.45, 7) is 1.12. The highest BCUT2D eigenvalue weighted by Crippen LogP contribution is 2.38. The Balaban J connectivity index is 1.38. The zero-order chi connectivity index (χ0) is 23.2. The van der Waals surface area contributed by atoms with Crippen LogP contribution in [0.3, 0.4) is 0 Å². The van der Waals surface area contributed by atoms with Crippen LogP contribution in [0.15, 0.2) is 91.0 Å². The van der Waals surface area contributed by atoms with E-state index in [1.807, 2.05) is 91.0 Å². The van der Waals surface area contributed by atoms with E-state index in [2.05, 4.69) is 0 Å². The van der Waals surface area contributed by atoms with Gasteiger partial charge in [0.25, 0.3) is 0 Å². The van der Waals surface area contributed by atoms with Crippen molar-refractivity contribution in [3.05, 3.63) is 108 Å². The van der Waals surface area contributed by atoms with Crippen molar-refractivity contribution in [2.75, 3.05) is 0 Å². The van der Waals surface area contributed by atoms with E-state index in [1.165, 1.54) is 0 Å². The van der Waals surface area contributed by atoms with Crippen LogP contribution in [0.5, 0.6) is 0 Å². The summed E-state index contributed by atoms with van der Waals surface area (Å²) in [6, 6.07) is 29.9. The number of carbonyl (C=O) groups is 1. The average molecular weight is 459 g/mol. The Kier molecular flexibility index (Phi) is 7.46. The fourth-order valence-electron chi connectivity index (χ4n) is 4.50. The molecule has 5 atom stereocenters. The molecule has 0 unspecified atom stereocenters. The van der Waals surface area contributed by atoms with Gasteiger partial charge in [-0.15, -0.1) is 0 Å². The molecule has 1 saturated carbocycles. The molecular weight excluding hydrogens is 428 g/mol. The van der Waals surface area contributed by atoms with Crippen LogP contribution in [-0.2, 0) is 43.6 Å². The predicted octanol–water partition coefficient (Wildman–Crippen LogP) is 4.87. The van der Waals surface area contributed by atoms with Crippen molar-refractivity contribution in [3.8, 4) is 0 Å². The van der Waals surface area contributed by atoms with Crippen LogP contribution in [0.25, 0.3) is 0 Å². The lowest BCUT2D eigenvalue weighted by atomic mass is 9.92. The molecule has 1 aliphatic heterocycles. The Morgan fingerprint density at radius 3 is 1.65 bits per heavy atom. The molecule has 0 aromatic heterocycles. The second-order valence-corrected chi connectivity index (χ2v) is 8.88. The van der Waals surface area contributed by atoms with Crippen molar-refractivity contribution < 1.29 is 23.7 Å². The maximum Gasteiger partial charge on any atom is 0.164 e. The first kappa shape index (κ1) is 22.9. The smallest absolute Gasteiger partial charge is 0.164 e. The van der Waals surface area contributed by atoms with Crippen molar-refractivity contribution in [2.24, 2.45) is 0 Å². The average Bonchev–Trinajstić information content (AvgIpc) is 3.65. The van der Waals surface area contributed by atoms with E-state index in [0.717, 1.165) is 16.7 Å². The van der Waals surface area contributed by atoms with Gasteiger partial charge in [0.2, 0.25) is 0 Å². The minimum atomic E-state index is -0.727. The van der Waals surface area contributed by atoms with Crippen molar-refractivity contribution in [3.63, 3.8) is 0 Å². The van der Waals surface area contributed by atoms with Gasteiger partial charge in [0, 0.05) is 6.42 Å². The second kappa shape index (κ2) is 11.1. The van der Waals surface area contributed by atoms with E-state index in [-0.39, 0.29) is 18.0 Å².